The highest BCUT2D eigenvalue weighted by Crippen LogP contribution is 2.25. The third-order valence-electron chi connectivity index (χ3n) is 4.52. The molecule has 7 heteroatoms. The Balaban J connectivity index is 1.51. The maximum Gasteiger partial charge on any atom is 0.173 e. The zero-order valence-electron chi connectivity index (χ0n) is 14.6. The number of methoxy groups -OCH3 is 1. The second-order valence-electron chi connectivity index (χ2n) is 6.32. The second kappa shape index (κ2) is 8.91. The molecule has 2 aromatic rings. The molecule has 0 amide bonds. The van der Waals surface area contributed by atoms with Gasteiger partial charge in [-0.2, -0.15) is 0 Å². The Morgan fingerprint density at radius 1 is 1.15 bits per heavy atom. The Bertz CT molecular complexity index is 779. The van der Waals surface area contributed by atoms with Crippen LogP contribution < -0.4 is 15.0 Å². The lowest BCUT2D eigenvalue weighted by Gasteiger charge is -2.34. The monoisotopic (exact) mass is 410 g/mol. The van der Waals surface area contributed by atoms with Gasteiger partial charge in [-0.25, -0.2) is 0 Å². The van der Waals surface area contributed by atoms with Gasteiger partial charge in [0.15, 0.2) is 5.11 Å². The van der Waals surface area contributed by atoms with Crippen LogP contribution in [0.25, 0.3) is 0 Å². The predicted molar refractivity (Wildman–Crippen MR) is 112 cm³/mol. The van der Waals surface area contributed by atoms with E-state index in [2.05, 4.69) is 22.3 Å². The van der Waals surface area contributed by atoms with E-state index in [1.165, 1.54) is 5.56 Å². The van der Waals surface area contributed by atoms with Crippen LogP contribution >= 0.6 is 35.4 Å². The van der Waals surface area contributed by atoms with Gasteiger partial charge in [-0.3, -0.25) is 0 Å². The van der Waals surface area contributed by atoms with Crippen molar-refractivity contribution in [3.05, 3.63) is 58.1 Å². The van der Waals surface area contributed by atoms with Crippen LogP contribution in [0.5, 0.6) is 5.75 Å². The summed E-state index contributed by atoms with van der Waals surface area (Å²) in [5.41, 5.74) is 2.15. The van der Waals surface area contributed by atoms with Gasteiger partial charge in [0, 0.05) is 11.3 Å². The summed E-state index contributed by atoms with van der Waals surface area (Å²) in [5, 5.41) is 5.03. The van der Waals surface area contributed by atoms with Gasteiger partial charge >= 0.3 is 0 Å². The molecule has 1 aliphatic heterocycles. The summed E-state index contributed by atoms with van der Waals surface area (Å²) in [7, 11) is 1.70. The zero-order valence-corrected chi connectivity index (χ0v) is 16.9. The molecule has 0 aromatic heterocycles. The highest BCUT2D eigenvalue weighted by atomic mass is 35.5. The van der Waals surface area contributed by atoms with Crippen molar-refractivity contribution >= 4 is 46.2 Å². The third kappa shape index (κ3) is 5.01. The van der Waals surface area contributed by atoms with Gasteiger partial charge in [0.25, 0.3) is 0 Å². The van der Waals surface area contributed by atoms with Crippen molar-refractivity contribution in [3.63, 3.8) is 0 Å². The topological polar surface area (TPSA) is 28.9 Å². The van der Waals surface area contributed by atoms with Crippen LogP contribution in [0.1, 0.15) is 5.56 Å². The average molecular weight is 411 g/mol. The van der Waals surface area contributed by atoms with Crippen LogP contribution in [0.15, 0.2) is 42.5 Å². The van der Waals surface area contributed by atoms with E-state index in [1.807, 2.05) is 18.2 Å². The van der Waals surface area contributed by atoms with Crippen LogP contribution in [0.3, 0.4) is 0 Å². The van der Waals surface area contributed by atoms with E-state index in [4.69, 9.17) is 40.2 Å². The molecule has 138 valence electrons. The Morgan fingerprint density at radius 2 is 1.92 bits per heavy atom. The highest BCUT2D eigenvalue weighted by molar-refractivity contribution is 7.80. The number of hydrogen-bond donors (Lipinski definition) is 2. The SMILES string of the molecule is COc1cccc(C[NH+]2CCN(C(=S)Nc3ccc(Cl)c(Cl)c3)CC2)c1. The van der Waals surface area contributed by atoms with Gasteiger partial charge in [-0.1, -0.05) is 35.3 Å². The number of anilines is 1. The Labute approximate surface area is 169 Å². The summed E-state index contributed by atoms with van der Waals surface area (Å²) in [5.74, 6) is 0.910. The molecule has 0 aliphatic carbocycles. The third-order valence-corrected chi connectivity index (χ3v) is 5.62. The first-order chi connectivity index (χ1) is 12.5. The van der Waals surface area contributed by atoms with Crippen LogP contribution in [0.2, 0.25) is 10.0 Å². The van der Waals surface area contributed by atoms with Crippen molar-refractivity contribution < 1.29 is 9.64 Å². The number of ether oxygens (including phenoxy) is 1. The van der Waals surface area contributed by atoms with Crippen molar-refractivity contribution in [2.75, 3.05) is 38.6 Å². The van der Waals surface area contributed by atoms with Crippen molar-refractivity contribution in [2.24, 2.45) is 0 Å². The quantitative estimate of drug-likeness (QED) is 0.757. The van der Waals surface area contributed by atoms with Crippen LogP contribution in [0.4, 0.5) is 5.69 Å². The highest BCUT2D eigenvalue weighted by Gasteiger charge is 2.22. The van der Waals surface area contributed by atoms with E-state index in [0.717, 1.165) is 49.3 Å². The maximum atomic E-state index is 6.06. The number of halogens is 2. The van der Waals surface area contributed by atoms with E-state index >= 15 is 0 Å². The standard InChI is InChI=1S/C19H21Cl2N3OS/c1-25-16-4-2-3-14(11-16)13-23-7-9-24(10-8-23)19(26)22-15-5-6-17(20)18(21)12-15/h2-6,11-12H,7-10,13H2,1H3,(H,22,26)/p+1. The summed E-state index contributed by atoms with van der Waals surface area (Å²) < 4.78 is 5.30. The summed E-state index contributed by atoms with van der Waals surface area (Å²) in [4.78, 5) is 3.75. The largest absolute Gasteiger partial charge is 0.497 e. The Morgan fingerprint density at radius 3 is 2.62 bits per heavy atom. The smallest absolute Gasteiger partial charge is 0.173 e. The number of nitrogens with one attached hydrogen (secondary N) is 2. The molecule has 2 aromatic carbocycles. The maximum absolute atomic E-state index is 6.06. The fourth-order valence-electron chi connectivity index (χ4n) is 3.05. The van der Waals surface area contributed by atoms with E-state index in [1.54, 1.807) is 24.1 Å². The molecule has 1 saturated heterocycles. The molecule has 2 N–H and O–H groups in total. The molecule has 0 bridgehead atoms. The van der Waals surface area contributed by atoms with Gasteiger partial charge in [-0.15, -0.1) is 0 Å². The number of rotatable bonds is 4. The fourth-order valence-corrected chi connectivity index (χ4v) is 3.65. The molecule has 0 saturated carbocycles. The number of benzene rings is 2. The van der Waals surface area contributed by atoms with Gasteiger partial charge in [0.1, 0.15) is 12.3 Å². The molecule has 0 radical (unpaired) electrons. The predicted octanol–water partition coefficient (Wildman–Crippen LogP) is 3.10. The summed E-state index contributed by atoms with van der Waals surface area (Å²) >= 11 is 17.6. The summed E-state index contributed by atoms with van der Waals surface area (Å²) in [6, 6.07) is 13.7. The minimum absolute atomic E-state index is 0.520. The van der Waals surface area contributed by atoms with E-state index in [-0.39, 0.29) is 0 Å². The van der Waals surface area contributed by atoms with Gasteiger partial charge in [0.05, 0.1) is 43.3 Å². The Hall–Kier alpha value is -1.53. The summed E-state index contributed by atoms with van der Waals surface area (Å²) in [6.07, 6.45) is 0. The normalized spacial score (nSPS) is 15.0. The van der Waals surface area contributed by atoms with Gasteiger partial charge in [-0.05, 0) is 42.5 Å². The lowest BCUT2D eigenvalue weighted by Crippen LogP contribution is -3.13. The van der Waals surface area contributed by atoms with Crippen LogP contribution in [-0.4, -0.2) is 43.3 Å². The number of hydrogen-bond acceptors (Lipinski definition) is 2. The second-order valence-corrected chi connectivity index (χ2v) is 7.53. The molecule has 3 rings (SSSR count). The molecular weight excluding hydrogens is 389 g/mol. The number of piperazine rings is 1. The van der Waals surface area contributed by atoms with Crippen molar-refractivity contribution in [1.29, 1.82) is 0 Å². The molecule has 1 heterocycles. The van der Waals surface area contributed by atoms with Crippen LogP contribution in [0, 0.1) is 0 Å². The van der Waals surface area contributed by atoms with Crippen molar-refractivity contribution in [2.45, 2.75) is 6.54 Å². The molecule has 1 fully saturated rings. The number of quaternary nitrogens is 1. The van der Waals surface area contributed by atoms with E-state index < -0.39 is 0 Å². The van der Waals surface area contributed by atoms with Crippen molar-refractivity contribution in [3.8, 4) is 5.75 Å². The number of nitrogens with zero attached hydrogens (tertiary/aromatic N) is 1. The lowest BCUT2D eigenvalue weighted by atomic mass is 10.2. The lowest BCUT2D eigenvalue weighted by molar-refractivity contribution is -0.917. The average Bonchev–Trinajstić information content (AvgIpc) is 2.65. The first-order valence-corrected chi connectivity index (χ1v) is 9.69. The molecule has 1 aliphatic rings. The molecule has 4 nitrogen and oxygen atoms in total. The van der Waals surface area contributed by atoms with E-state index in [0.29, 0.717) is 10.0 Å². The summed E-state index contributed by atoms with van der Waals surface area (Å²) in [6.45, 7) is 4.93. The zero-order chi connectivity index (χ0) is 18.5. The van der Waals surface area contributed by atoms with Gasteiger partial charge < -0.3 is 19.9 Å². The minimum Gasteiger partial charge on any atom is -0.497 e. The molecule has 0 atom stereocenters. The molecular formula is C19H22Cl2N3OS+. The number of thiocarbonyl (C=S) groups is 1. The fraction of sp³-hybridized carbons (Fsp3) is 0.316. The Kier molecular flexibility index (Phi) is 6.59. The van der Waals surface area contributed by atoms with Gasteiger partial charge in [0.2, 0.25) is 0 Å². The minimum atomic E-state index is 0.520. The molecule has 0 unspecified atom stereocenters. The first kappa shape index (κ1) is 19.2. The van der Waals surface area contributed by atoms with Crippen molar-refractivity contribution in [1.82, 2.24) is 4.90 Å². The van der Waals surface area contributed by atoms with Crippen LogP contribution in [-0.2, 0) is 6.54 Å². The first-order valence-electron chi connectivity index (χ1n) is 8.52. The molecule has 26 heavy (non-hydrogen) atoms. The van der Waals surface area contributed by atoms with E-state index in [9.17, 15) is 0 Å². The molecule has 0 spiro atoms.